The van der Waals surface area contributed by atoms with Crippen LogP contribution in [0.25, 0.3) is 11.3 Å². The van der Waals surface area contributed by atoms with E-state index in [9.17, 15) is 0 Å². The maximum atomic E-state index is 4.87. The third-order valence-electron chi connectivity index (χ3n) is 6.12. The first kappa shape index (κ1) is 17.2. The summed E-state index contributed by atoms with van der Waals surface area (Å²) in [5.41, 5.74) is 6.82. The number of fused-ring (bicyclic) bond motifs is 2. The van der Waals surface area contributed by atoms with Crippen LogP contribution in [0.5, 0.6) is 0 Å². The van der Waals surface area contributed by atoms with Gasteiger partial charge in [0.1, 0.15) is 15.1 Å². The number of hydrogen-bond donors (Lipinski definition) is 0. The number of nitrogens with zero attached hydrogens (tertiary/aromatic N) is 2. The van der Waals surface area contributed by atoms with Gasteiger partial charge in [0.2, 0.25) is 5.69 Å². The third-order valence-corrected chi connectivity index (χ3v) is 9.46. The smallest absolute Gasteiger partial charge is 0.212 e. The fraction of sp³-hybridized carbons (Fsp3) is 0.304. The molecular formula is C23H27N2Si+. The largest absolute Gasteiger partial charge is 0.265 e. The summed E-state index contributed by atoms with van der Waals surface area (Å²) in [6.45, 7) is 11.8. The summed E-state index contributed by atoms with van der Waals surface area (Å²) in [4.78, 5) is 4.87. The monoisotopic (exact) mass is 359 g/mol. The molecule has 0 fully saturated rings. The van der Waals surface area contributed by atoms with Crippen LogP contribution >= 0.6 is 0 Å². The Morgan fingerprint density at radius 3 is 2.50 bits per heavy atom. The van der Waals surface area contributed by atoms with Gasteiger partial charge < -0.3 is 0 Å². The fourth-order valence-electron chi connectivity index (χ4n) is 4.50. The average Bonchev–Trinajstić information content (AvgIpc) is 2.61. The molecule has 132 valence electrons. The van der Waals surface area contributed by atoms with Crippen LogP contribution in [0.15, 0.2) is 54.9 Å². The molecule has 26 heavy (non-hydrogen) atoms. The second kappa shape index (κ2) is 5.62. The van der Waals surface area contributed by atoms with Crippen LogP contribution in [0.2, 0.25) is 13.1 Å². The third kappa shape index (κ3) is 2.30. The Kier molecular flexibility index (Phi) is 3.71. The highest BCUT2D eigenvalue weighted by Crippen LogP contribution is 2.37. The molecule has 0 N–H and O–H groups in total. The highest BCUT2D eigenvalue weighted by molar-refractivity contribution is 7.01. The van der Waals surface area contributed by atoms with E-state index in [1.807, 2.05) is 6.20 Å². The van der Waals surface area contributed by atoms with E-state index in [0.717, 1.165) is 0 Å². The van der Waals surface area contributed by atoms with Gasteiger partial charge in [0, 0.05) is 34.6 Å². The molecule has 3 heterocycles. The molecule has 3 aromatic rings. The molecule has 2 aromatic heterocycles. The summed E-state index contributed by atoms with van der Waals surface area (Å²) in [6, 6.07) is 15.7. The zero-order valence-electron chi connectivity index (χ0n) is 16.6. The Bertz CT molecular complexity index is 1020. The van der Waals surface area contributed by atoms with Crippen molar-refractivity contribution < 1.29 is 4.57 Å². The highest BCUT2D eigenvalue weighted by Gasteiger charge is 2.44. The molecule has 4 rings (SSSR count). The lowest BCUT2D eigenvalue weighted by Gasteiger charge is -2.42. The molecule has 3 heteroatoms. The molecule has 0 spiro atoms. The quantitative estimate of drug-likeness (QED) is 0.481. The van der Waals surface area contributed by atoms with E-state index >= 15 is 0 Å². The van der Waals surface area contributed by atoms with Gasteiger partial charge in [-0.25, -0.2) is 4.57 Å². The van der Waals surface area contributed by atoms with E-state index < -0.39 is 8.07 Å². The van der Waals surface area contributed by atoms with Crippen molar-refractivity contribution >= 4 is 18.6 Å². The number of aromatic nitrogens is 2. The van der Waals surface area contributed by atoms with Gasteiger partial charge in [0.05, 0.1) is 0 Å². The van der Waals surface area contributed by atoms with Crippen LogP contribution in [0, 0.1) is 6.92 Å². The molecule has 0 saturated heterocycles. The molecule has 0 amide bonds. The zero-order valence-corrected chi connectivity index (χ0v) is 17.6. The lowest BCUT2D eigenvalue weighted by Crippen LogP contribution is -2.63. The Morgan fingerprint density at radius 1 is 1.00 bits per heavy atom. The molecule has 2 nitrogen and oxygen atoms in total. The van der Waals surface area contributed by atoms with Crippen molar-refractivity contribution in [1.82, 2.24) is 4.98 Å². The van der Waals surface area contributed by atoms with Gasteiger partial charge in [-0.15, -0.1) is 0 Å². The zero-order chi connectivity index (χ0) is 18.7. The normalized spacial score (nSPS) is 16.7. The standard InChI is InChI=1S/C23H27N2Si/c1-16-14-19-21(15-17(16)20-11-7-8-13-25(20)4)26(5,6)22-18(23(19,2)3)10-9-12-24-22/h7-15H,1-6H3/q+1. The molecule has 0 atom stereocenters. The predicted octanol–water partition coefficient (Wildman–Crippen LogP) is 3.34. The van der Waals surface area contributed by atoms with E-state index in [-0.39, 0.29) is 5.41 Å². The maximum absolute atomic E-state index is 4.87. The summed E-state index contributed by atoms with van der Waals surface area (Å²) < 4.78 is 2.21. The molecule has 1 aliphatic heterocycles. The number of rotatable bonds is 1. The lowest BCUT2D eigenvalue weighted by atomic mass is 9.77. The van der Waals surface area contributed by atoms with Crippen molar-refractivity contribution in [3.05, 3.63) is 71.5 Å². The Labute approximate surface area is 157 Å². The lowest BCUT2D eigenvalue weighted by molar-refractivity contribution is -0.660. The molecule has 0 aliphatic carbocycles. The summed E-state index contributed by atoms with van der Waals surface area (Å²) in [7, 11) is 0.277. The minimum atomic E-state index is -1.85. The van der Waals surface area contributed by atoms with Gasteiger partial charge in [-0.2, -0.15) is 0 Å². The fourth-order valence-corrected chi connectivity index (χ4v) is 7.79. The Hall–Kier alpha value is -2.26. The molecule has 1 aromatic carbocycles. The number of aryl methyl sites for hydroxylation is 2. The summed E-state index contributed by atoms with van der Waals surface area (Å²) in [5.74, 6) is 0. The molecule has 0 saturated carbocycles. The molecule has 0 unspecified atom stereocenters. The number of hydrogen-bond acceptors (Lipinski definition) is 1. The van der Waals surface area contributed by atoms with Crippen molar-refractivity contribution in [1.29, 1.82) is 0 Å². The minimum absolute atomic E-state index is 0.0103. The van der Waals surface area contributed by atoms with Gasteiger partial charge in [-0.1, -0.05) is 39.1 Å². The van der Waals surface area contributed by atoms with E-state index in [2.05, 4.69) is 94.1 Å². The van der Waals surface area contributed by atoms with E-state index in [1.54, 1.807) is 0 Å². The highest BCUT2D eigenvalue weighted by atomic mass is 28.3. The molecule has 0 radical (unpaired) electrons. The van der Waals surface area contributed by atoms with Crippen molar-refractivity contribution in [2.24, 2.45) is 7.05 Å². The van der Waals surface area contributed by atoms with Gasteiger partial charge in [-0.05, 0) is 47.0 Å². The summed E-state index contributed by atoms with van der Waals surface area (Å²) in [6.07, 6.45) is 4.08. The molecular weight excluding hydrogens is 332 g/mol. The second-order valence-corrected chi connectivity index (χ2v) is 12.8. The van der Waals surface area contributed by atoms with E-state index in [4.69, 9.17) is 4.98 Å². The first-order valence-corrected chi connectivity index (χ1v) is 12.3. The van der Waals surface area contributed by atoms with Crippen LogP contribution in [0.4, 0.5) is 0 Å². The van der Waals surface area contributed by atoms with E-state index in [1.165, 1.54) is 38.5 Å². The van der Waals surface area contributed by atoms with Gasteiger partial charge in [-0.3, -0.25) is 4.98 Å². The van der Waals surface area contributed by atoms with Crippen LogP contribution < -0.4 is 15.1 Å². The topological polar surface area (TPSA) is 16.8 Å². The van der Waals surface area contributed by atoms with Crippen molar-refractivity contribution in [2.75, 3.05) is 0 Å². The average molecular weight is 360 g/mol. The van der Waals surface area contributed by atoms with Crippen molar-refractivity contribution in [2.45, 2.75) is 39.3 Å². The Morgan fingerprint density at radius 2 is 1.77 bits per heavy atom. The predicted molar refractivity (Wildman–Crippen MR) is 111 cm³/mol. The van der Waals surface area contributed by atoms with Crippen molar-refractivity contribution in [3.8, 4) is 11.3 Å². The second-order valence-electron chi connectivity index (χ2n) is 8.56. The molecule has 0 bridgehead atoms. The maximum Gasteiger partial charge on any atom is 0.212 e. The van der Waals surface area contributed by atoms with Crippen LogP contribution in [0.3, 0.4) is 0 Å². The SMILES string of the molecule is Cc1cc2c(cc1-c1cccc[n+]1C)[Si](C)(C)c1ncccc1C2(C)C. The summed E-state index contributed by atoms with van der Waals surface area (Å²) in [5, 5.41) is 2.86. The van der Waals surface area contributed by atoms with Gasteiger partial charge >= 0.3 is 0 Å². The van der Waals surface area contributed by atoms with Crippen LogP contribution in [-0.2, 0) is 12.5 Å². The minimum Gasteiger partial charge on any atom is -0.265 e. The van der Waals surface area contributed by atoms with Crippen molar-refractivity contribution in [3.63, 3.8) is 0 Å². The summed E-state index contributed by atoms with van der Waals surface area (Å²) >= 11 is 0. The first-order valence-electron chi connectivity index (χ1n) is 9.31. The number of pyridine rings is 2. The number of benzene rings is 1. The Balaban J connectivity index is 2.04. The van der Waals surface area contributed by atoms with Gasteiger partial charge in [0.25, 0.3) is 0 Å². The molecule has 1 aliphatic rings. The van der Waals surface area contributed by atoms with Crippen LogP contribution in [-0.4, -0.2) is 13.1 Å². The van der Waals surface area contributed by atoms with E-state index in [0.29, 0.717) is 0 Å². The van der Waals surface area contributed by atoms with Gasteiger partial charge in [0.15, 0.2) is 6.20 Å². The van der Waals surface area contributed by atoms with Crippen LogP contribution in [0.1, 0.15) is 30.5 Å². The first-order chi connectivity index (χ1) is 12.2.